The van der Waals surface area contributed by atoms with Crippen molar-refractivity contribution in [3.05, 3.63) is 71.8 Å². The number of ether oxygens (including phenoxy) is 3. The molecule has 0 radical (unpaired) electrons. The van der Waals surface area contributed by atoms with Crippen LogP contribution in [0, 0.1) is 0 Å². The summed E-state index contributed by atoms with van der Waals surface area (Å²) in [5.74, 6) is 0.961. The first-order chi connectivity index (χ1) is 18.0. The van der Waals surface area contributed by atoms with Gasteiger partial charge >= 0.3 is 6.09 Å². The second-order valence-electron chi connectivity index (χ2n) is 9.50. The molecule has 2 atom stereocenters. The summed E-state index contributed by atoms with van der Waals surface area (Å²) in [6.45, 7) is 6.45. The van der Waals surface area contributed by atoms with Gasteiger partial charge in [-0.15, -0.1) is 0 Å². The Bertz CT molecular complexity index is 1090. The predicted octanol–water partition coefficient (Wildman–Crippen LogP) is 4.62. The van der Waals surface area contributed by atoms with Crippen LogP contribution >= 0.6 is 0 Å². The van der Waals surface area contributed by atoms with Gasteiger partial charge in [-0.1, -0.05) is 36.9 Å². The van der Waals surface area contributed by atoms with E-state index in [1.54, 1.807) is 13.2 Å². The van der Waals surface area contributed by atoms with Crippen molar-refractivity contribution >= 4 is 17.7 Å². The van der Waals surface area contributed by atoms with Gasteiger partial charge in [0.05, 0.1) is 19.3 Å². The van der Waals surface area contributed by atoms with Crippen LogP contribution in [0.5, 0.6) is 5.75 Å². The molecule has 2 aliphatic rings. The van der Waals surface area contributed by atoms with Crippen LogP contribution in [0.1, 0.15) is 41.9 Å². The molecule has 0 spiro atoms. The van der Waals surface area contributed by atoms with Crippen LogP contribution in [-0.2, 0) is 27.3 Å². The van der Waals surface area contributed by atoms with Crippen LogP contribution in [-0.4, -0.2) is 68.1 Å². The lowest BCUT2D eigenvalue weighted by molar-refractivity contribution is -0.118. The zero-order valence-corrected chi connectivity index (χ0v) is 21.4. The molecule has 0 aliphatic carbocycles. The number of benzene rings is 2. The molecule has 8 heteroatoms. The fraction of sp³-hybridized carbons (Fsp3) is 0.448. The molecular formula is C29H36N2O6. The van der Waals surface area contributed by atoms with Crippen molar-refractivity contribution in [2.45, 2.75) is 44.3 Å². The van der Waals surface area contributed by atoms with Gasteiger partial charge in [-0.2, -0.15) is 0 Å². The molecule has 1 fully saturated rings. The van der Waals surface area contributed by atoms with Gasteiger partial charge in [0.25, 0.3) is 0 Å². The first-order valence-electron chi connectivity index (χ1n) is 12.8. The van der Waals surface area contributed by atoms with E-state index in [0.717, 1.165) is 41.0 Å². The number of carboxylic acid groups (broad SMARTS) is 1. The summed E-state index contributed by atoms with van der Waals surface area (Å²) in [4.78, 5) is 27.6. The van der Waals surface area contributed by atoms with Crippen LogP contribution in [0.4, 0.5) is 10.5 Å². The minimum Gasteiger partial charge on any atom is -0.490 e. The molecule has 2 unspecified atom stereocenters. The SMILES string of the molecule is C=CCOc1ccc(C2CCN(C(=O)O)CC2OCc2ccc3c(c2)N(CCCOC)C(=O)CC3)cc1. The van der Waals surface area contributed by atoms with Crippen LogP contribution in [0.3, 0.4) is 0 Å². The molecular weight excluding hydrogens is 472 g/mol. The van der Waals surface area contributed by atoms with E-state index in [2.05, 4.69) is 12.6 Å². The third-order valence-corrected chi connectivity index (χ3v) is 7.05. The van der Waals surface area contributed by atoms with Gasteiger partial charge in [0.2, 0.25) is 5.91 Å². The molecule has 198 valence electrons. The van der Waals surface area contributed by atoms with Crippen LogP contribution < -0.4 is 9.64 Å². The molecule has 4 rings (SSSR count). The topological polar surface area (TPSA) is 88.5 Å². The summed E-state index contributed by atoms with van der Waals surface area (Å²) >= 11 is 0. The third kappa shape index (κ3) is 6.70. The Balaban J connectivity index is 1.48. The van der Waals surface area contributed by atoms with E-state index in [1.807, 2.05) is 41.3 Å². The average Bonchev–Trinajstić information content (AvgIpc) is 2.92. The van der Waals surface area contributed by atoms with E-state index in [9.17, 15) is 14.7 Å². The van der Waals surface area contributed by atoms with Gasteiger partial charge in [-0.05, 0) is 54.2 Å². The largest absolute Gasteiger partial charge is 0.490 e. The molecule has 1 N–H and O–H groups in total. The Morgan fingerprint density at radius 1 is 1.19 bits per heavy atom. The molecule has 2 heterocycles. The highest BCUT2D eigenvalue weighted by molar-refractivity contribution is 5.96. The molecule has 0 saturated carbocycles. The Morgan fingerprint density at radius 3 is 2.73 bits per heavy atom. The van der Waals surface area contributed by atoms with Gasteiger partial charge in [0, 0.05) is 44.8 Å². The molecule has 2 aliphatic heterocycles. The highest BCUT2D eigenvalue weighted by Crippen LogP contribution is 2.33. The Hall–Kier alpha value is -3.36. The zero-order chi connectivity index (χ0) is 26.2. The van der Waals surface area contributed by atoms with Crippen LogP contribution in [0.15, 0.2) is 55.1 Å². The minimum atomic E-state index is -0.931. The normalized spacial score (nSPS) is 19.4. The van der Waals surface area contributed by atoms with E-state index in [0.29, 0.717) is 52.3 Å². The summed E-state index contributed by atoms with van der Waals surface area (Å²) in [5.41, 5.74) is 4.16. The molecule has 0 bridgehead atoms. The predicted molar refractivity (Wildman–Crippen MR) is 141 cm³/mol. The maximum atomic E-state index is 12.6. The smallest absolute Gasteiger partial charge is 0.407 e. The second kappa shape index (κ2) is 12.7. The van der Waals surface area contributed by atoms with Gasteiger partial charge < -0.3 is 29.1 Å². The maximum absolute atomic E-state index is 12.6. The van der Waals surface area contributed by atoms with Gasteiger partial charge in [0.15, 0.2) is 0 Å². The van der Waals surface area contributed by atoms with Crippen molar-refractivity contribution in [3.8, 4) is 5.75 Å². The van der Waals surface area contributed by atoms with E-state index < -0.39 is 6.09 Å². The number of anilines is 1. The summed E-state index contributed by atoms with van der Waals surface area (Å²) in [6.07, 6.45) is 3.18. The highest BCUT2D eigenvalue weighted by Gasteiger charge is 2.33. The van der Waals surface area contributed by atoms with Gasteiger partial charge in [0.1, 0.15) is 12.4 Å². The number of aryl methyl sites for hydroxylation is 1. The summed E-state index contributed by atoms with van der Waals surface area (Å²) < 4.78 is 17.2. The minimum absolute atomic E-state index is 0.0637. The number of hydrogen-bond donors (Lipinski definition) is 1. The van der Waals surface area contributed by atoms with Gasteiger partial charge in [-0.3, -0.25) is 4.79 Å². The van der Waals surface area contributed by atoms with Crippen molar-refractivity contribution < 1.29 is 28.9 Å². The Kier molecular flexibility index (Phi) is 9.19. The monoisotopic (exact) mass is 508 g/mol. The van der Waals surface area contributed by atoms with E-state index in [-0.39, 0.29) is 17.9 Å². The number of fused-ring (bicyclic) bond motifs is 1. The number of rotatable bonds is 11. The number of carbonyl (C=O) groups is 2. The number of likely N-dealkylation sites (tertiary alicyclic amines) is 1. The fourth-order valence-electron chi connectivity index (χ4n) is 5.10. The number of hydrogen-bond acceptors (Lipinski definition) is 5. The van der Waals surface area contributed by atoms with Crippen molar-refractivity contribution in [1.29, 1.82) is 0 Å². The van der Waals surface area contributed by atoms with Crippen LogP contribution in [0.2, 0.25) is 0 Å². The molecule has 0 aromatic heterocycles. The summed E-state index contributed by atoms with van der Waals surface area (Å²) in [7, 11) is 1.66. The second-order valence-corrected chi connectivity index (χ2v) is 9.50. The Labute approximate surface area is 218 Å². The first kappa shape index (κ1) is 26.7. The lowest BCUT2D eigenvalue weighted by Crippen LogP contribution is -2.46. The van der Waals surface area contributed by atoms with Crippen molar-refractivity contribution in [2.75, 3.05) is 44.9 Å². The Morgan fingerprint density at radius 2 is 2.00 bits per heavy atom. The van der Waals surface area contributed by atoms with Crippen molar-refractivity contribution in [3.63, 3.8) is 0 Å². The first-order valence-corrected chi connectivity index (χ1v) is 12.8. The number of methoxy groups -OCH3 is 1. The molecule has 1 saturated heterocycles. The maximum Gasteiger partial charge on any atom is 0.407 e. The lowest BCUT2D eigenvalue weighted by atomic mass is 9.87. The highest BCUT2D eigenvalue weighted by atomic mass is 16.5. The number of amides is 2. The van der Waals surface area contributed by atoms with E-state index in [1.165, 1.54) is 4.90 Å². The van der Waals surface area contributed by atoms with Gasteiger partial charge in [-0.25, -0.2) is 4.79 Å². The zero-order valence-electron chi connectivity index (χ0n) is 21.4. The molecule has 2 amide bonds. The summed E-state index contributed by atoms with van der Waals surface area (Å²) in [6, 6.07) is 14.1. The number of piperidine rings is 1. The van der Waals surface area contributed by atoms with Crippen molar-refractivity contribution in [1.82, 2.24) is 4.90 Å². The summed E-state index contributed by atoms with van der Waals surface area (Å²) in [5, 5.41) is 9.59. The molecule has 8 nitrogen and oxygen atoms in total. The van der Waals surface area contributed by atoms with Crippen LogP contribution in [0.25, 0.3) is 0 Å². The quantitative estimate of drug-likeness (QED) is 0.352. The third-order valence-electron chi connectivity index (χ3n) is 7.05. The fourth-order valence-corrected chi connectivity index (χ4v) is 5.10. The average molecular weight is 509 g/mol. The molecule has 2 aromatic rings. The van der Waals surface area contributed by atoms with E-state index in [4.69, 9.17) is 14.2 Å². The lowest BCUT2D eigenvalue weighted by Gasteiger charge is -2.37. The molecule has 2 aromatic carbocycles. The standard InChI is InChI=1S/C29H36N2O6/c1-3-16-36-24-10-7-22(8-11-24)25-13-15-30(29(33)34)19-27(25)37-20-21-5-6-23-9-12-28(32)31(26(23)18-21)14-4-17-35-2/h3,5-8,10-11,18,25,27H,1,4,9,12-17,19-20H2,2H3,(H,33,34). The number of nitrogens with zero attached hydrogens (tertiary/aromatic N) is 2. The molecule has 37 heavy (non-hydrogen) atoms. The number of carbonyl (C=O) groups excluding carboxylic acids is 1. The van der Waals surface area contributed by atoms with E-state index >= 15 is 0 Å². The van der Waals surface area contributed by atoms with Crippen molar-refractivity contribution in [2.24, 2.45) is 0 Å².